The number of hydrogen-bond acceptors (Lipinski definition) is 3. The summed E-state index contributed by atoms with van der Waals surface area (Å²) in [4.78, 5) is 16.9. The SMILES string of the molecule is CC(=O)N1c2ccc(-c3cccc(N4CCCC4)c3)cc2[C@@H](Nc2ccccc2)C[C@H]1C. The number of rotatable bonds is 4. The van der Waals surface area contributed by atoms with Crippen molar-refractivity contribution >= 4 is 23.0 Å². The summed E-state index contributed by atoms with van der Waals surface area (Å²) in [7, 11) is 0. The summed E-state index contributed by atoms with van der Waals surface area (Å²) >= 11 is 0. The third kappa shape index (κ3) is 3.97. The van der Waals surface area contributed by atoms with Crippen molar-refractivity contribution in [2.24, 2.45) is 0 Å². The predicted octanol–water partition coefficient (Wildman–Crippen LogP) is 6.25. The number of hydrogen-bond donors (Lipinski definition) is 1. The van der Waals surface area contributed by atoms with E-state index in [1.165, 1.54) is 35.2 Å². The zero-order valence-corrected chi connectivity index (χ0v) is 18.9. The van der Waals surface area contributed by atoms with E-state index in [1.54, 1.807) is 6.92 Å². The maximum absolute atomic E-state index is 12.5. The van der Waals surface area contributed by atoms with Gasteiger partial charge in [0.05, 0.1) is 6.04 Å². The molecular weight excluding hydrogens is 394 g/mol. The van der Waals surface area contributed by atoms with Crippen molar-refractivity contribution in [2.75, 3.05) is 28.2 Å². The maximum atomic E-state index is 12.5. The van der Waals surface area contributed by atoms with E-state index in [9.17, 15) is 4.79 Å². The summed E-state index contributed by atoms with van der Waals surface area (Å²) in [5, 5.41) is 3.72. The fraction of sp³-hybridized carbons (Fsp3) is 0.321. The average molecular weight is 426 g/mol. The first-order chi connectivity index (χ1) is 15.6. The van der Waals surface area contributed by atoms with Crippen LogP contribution in [0.5, 0.6) is 0 Å². The van der Waals surface area contributed by atoms with E-state index in [2.05, 4.69) is 83.9 Å². The monoisotopic (exact) mass is 425 g/mol. The van der Waals surface area contributed by atoms with E-state index in [1.807, 2.05) is 11.0 Å². The molecular formula is C28H31N3O. The van der Waals surface area contributed by atoms with Gasteiger partial charge in [0.25, 0.3) is 0 Å². The lowest BCUT2D eigenvalue weighted by atomic mass is 9.88. The van der Waals surface area contributed by atoms with Gasteiger partial charge in [-0.05, 0) is 79.3 Å². The summed E-state index contributed by atoms with van der Waals surface area (Å²) in [6.07, 6.45) is 3.42. The maximum Gasteiger partial charge on any atom is 0.224 e. The predicted molar refractivity (Wildman–Crippen MR) is 133 cm³/mol. The molecule has 0 radical (unpaired) electrons. The second-order valence-corrected chi connectivity index (χ2v) is 9.05. The van der Waals surface area contributed by atoms with Crippen LogP contribution in [0.25, 0.3) is 11.1 Å². The summed E-state index contributed by atoms with van der Waals surface area (Å²) in [5.74, 6) is 0.0979. The number of para-hydroxylation sites is 1. The average Bonchev–Trinajstić information content (AvgIpc) is 3.34. The van der Waals surface area contributed by atoms with Crippen LogP contribution in [0.3, 0.4) is 0 Å². The van der Waals surface area contributed by atoms with Gasteiger partial charge in [-0.25, -0.2) is 0 Å². The van der Waals surface area contributed by atoms with Crippen LogP contribution in [0.4, 0.5) is 17.1 Å². The molecule has 3 aromatic rings. The van der Waals surface area contributed by atoms with Crippen LogP contribution in [0.1, 0.15) is 44.7 Å². The highest BCUT2D eigenvalue weighted by Gasteiger charge is 2.32. The van der Waals surface area contributed by atoms with Gasteiger partial charge < -0.3 is 15.1 Å². The Morgan fingerprint density at radius 2 is 1.66 bits per heavy atom. The van der Waals surface area contributed by atoms with Gasteiger partial charge in [-0.2, -0.15) is 0 Å². The first-order valence-electron chi connectivity index (χ1n) is 11.7. The smallest absolute Gasteiger partial charge is 0.224 e. The van der Waals surface area contributed by atoms with Crippen molar-refractivity contribution in [3.8, 4) is 11.1 Å². The molecule has 32 heavy (non-hydrogen) atoms. The number of carbonyl (C=O) groups is 1. The van der Waals surface area contributed by atoms with Crippen LogP contribution in [-0.4, -0.2) is 25.0 Å². The van der Waals surface area contributed by atoms with Crippen molar-refractivity contribution in [3.05, 3.63) is 78.4 Å². The molecule has 0 saturated carbocycles. The number of benzene rings is 3. The first-order valence-corrected chi connectivity index (χ1v) is 11.7. The van der Waals surface area contributed by atoms with E-state index < -0.39 is 0 Å². The molecule has 0 unspecified atom stereocenters. The molecule has 2 aliphatic heterocycles. The highest BCUT2D eigenvalue weighted by atomic mass is 16.2. The molecule has 0 bridgehead atoms. The zero-order valence-electron chi connectivity index (χ0n) is 18.9. The molecule has 0 spiro atoms. The number of amides is 1. The Morgan fingerprint density at radius 1 is 0.906 bits per heavy atom. The van der Waals surface area contributed by atoms with E-state index >= 15 is 0 Å². The number of fused-ring (bicyclic) bond motifs is 1. The minimum Gasteiger partial charge on any atom is -0.378 e. The van der Waals surface area contributed by atoms with Gasteiger partial charge in [0.2, 0.25) is 5.91 Å². The molecule has 1 N–H and O–H groups in total. The highest BCUT2D eigenvalue weighted by molar-refractivity contribution is 5.94. The van der Waals surface area contributed by atoms with Crippen LogP contribution >= 0.6 is 0 Å². The first kappa shape index (κ1) is 20.6. The van der Waals surface area contributed by atoms with Crippen LogP contribution in [0.2, 0.25) is 0 Å². The Kier molecular flexibility index (Phi) is 5.60. The lowest BCUT2D eigenvalue weighted by molar-refractivity contribution is -0.117. The van der Waals surface area contributed by atoms with Crippen molar-refractivity contribution in [2.45, 2.75) is 45.2 Å². The van der Waals surface area contributed by atoms with Crippen molar-refractivity contribution in [1.82, 2.24) is 0 Å². The Morgan fingerprint density at radius 3 is 2.41 bits per heavy atom. The molecule has 4 heteroatoms. The van der Waals surface area contributed by atoms with E-state index in [4.69, 9.17) is 0 Å². The fourth-order valence-electron chi connectivity index (χ4n) is 5.25. The van der Waals surface area contributed by atoms with Gasteiger partial charge in [-0.15, -0.1) is 0 Å². The van der Waals surface area contributed by atoms with Crippen LogP contribution in [0.15, 0.2) is 72.8 Å². The topological polar surface area (TPSA) is 35.6 Å². The third-order valence-electron chi connectivity index (χ3n) is 6.78. The van der Waals surface area contributed by atoms with Gasteiger partial charge in [0.1, 0.15) is 0 Å². The molecule has 2 aliphatic rings. The minimum atomic E-state index is 0.0979. The quantitative estimate of drug-likeness (QED) is 0.536. The molecule has 4 nitrogen and oxygen atoms in total. The number of nitrogens with zero attached hydrogens (tertiary/aromatic N) is 2. The standard InChI is InChI=1S/C28H31N3O/c1-20-17-27(29-24-10-4-3-5-11-24)26-19-23(13-14-28(26)31(20)21(2)32)22-9-8-12-25(18-22)30-15-6-7-16-30/h3-5,8-14,18-20,27,29H,6-7,15-17H2,1-2H3/t20-,27+/m1/s1. The lowest BCUT2D eigenvalue weighted by Crippen LogP contribution is -2.43. The minimum absolute atomic E-state index is 0.0979. The number of carbonyl (C=O) groups excluding carboxylic acids is 1. The Labute approximate surface area is 190 Å². The Hall–Kier alpha value is -3.27. The van der Waals surface area contributed by atoms with E-state index in [0.717, 1.165) is 30.9 Å². The van der Waals surface area contributed by atoms with Gasteiger partial charge in [0.15, 0.2) is 0 Å². The molecule has 3 aromatic carbocycles. The fourth-order valence-corrected chi connectivity index (χ4v) is 5.25. The number of nitrogens with one attached hydrogen (secondary N) is 1. The highest BCUT2D eigenvalue weighted by Crippen LogP contribution is 2.41. The molecule has 1 saturated heterocycles. The summed E-state index contributed by atoms with van der Waals surface area (Å²) in [6, 6.07) is 26.1. The van der Waals surface area contributed by atoms with Crippen molar-refractivity contribution in [1.29, 1.82) is 0 Å². The van der Waals surface area contributed by atoms with Crippen molar-refractivity contribution < 1.29 is 4.79 Å². The van der Waals surface area contributed by atoms with Gasteiger partial charge >= 0.3 is 0 Å². The van der Waals surface area contributed by atoms with Gasteiger partial charge in [-0.1, -0.05) is 36.4 Å². The summed E-state index contributed by atoms with van der Waals surface area (Å²) in [6.45, 7) is 6.08. The Balaban J connectivity index is 1.54. The molecule has 5 rings (SSSR count). The molecule has 164 valence electrons. The van der Waals surface area contributed by atoms with Crippen LogP contribution < -0.4 is 15.1 Å². The van der Waals surface area contributed by atoms with Gasteiger partial charge in [-0.3, -0.25) is 4.79 Å². The Bertz CT molecular complexity index is 1100. The van der Waals surface area contributed by atoms with Crippen LogP contribution in [0, 0.1) is 0 Å². The lowest BCUT2D eigenvalue weighted by Gasteiger charge is -2.39. The largest absolute Gasteiger partial charge is 0.378 e. The molecule has 0 aromatic heterocycles. The second-order valence-electron chi connectivity index (χ2n) is 9.05. The molecule has 1 amide bonds. The molecule has 0 aliphatic carbocycles. The molecule has 1 fully saturated rings. The number of anilines is 3. The van der Waals surface area contributed by atoms with E-state index in [-0.39, 0.29) is 18.0 Å². The van der Waals surface area contributed by atoms with Crippen molar-refractivity contribution in [3.63, 3.8) is 0 Å². The zero-order chi connectivity index (χ0) is 22.1. The summed E-state index contributed by atoms with van der Waals surface area (Å²) < 4.78 is 0. The second kappa shape index (κ2) is 8.70. The summed E-state index contributed by atoms with van der Waals surface area (Å²) in [5.41, 5.74) is 7.03. The third-order valence-corrected chi connectivity index (χ3v) is 6.78. The van der Waals surface area contributed by atoms with Gasteiger partial charge in [0, 0.05) is 43.1 Å². The van der Waals surface area contributed by atoms with Crippen LogP contribution in [-0.2, 0) is 4.79 Å². The molecule has 2 atom stereocenters. The molecule has 2 heterocycles. The van der Waals surface area contributed by atoms with E-state index in [0.29, 0.717) is 0 Å². The normalized spacial score (nSPS) is 20.2.